The van der Waals surface area contributed by atoms with Crippen molar-refractivity contribution in [2.24, 2.45) is 4.99 Å². The minimum atomic E-state index is 0.290. The first-order chi connectivity index (χ1) is 13.1. The lowest BCUT2D eigenvalue weighted by Crippen LogP contribution is -2.54. The van der Waals surface area contributed by atoms with E-state index in [0.29, 0.717) is 24.7 Å². The maximum absolute atomic E-state index is 5.54. The number of methoxy groups -OCH3 is 1. The number of nitrogens with one attached hydrogen (secondary N) is 2. The quantitative estimate of drug-likeness (QED) is 0.532. The number of aliphatic imine (C=N–C) groups is 1. The molecule has 0 saturated carbocycles. The van der Waals surface area contributed by atoms with Gasteiger partial charge in [0.15, 0.2) is 11.8 Å². The molecule has 9 nitrogen and oxygen atoms in total. The molecule has 9 heteroatoms. The molecule has 3 atom stereocenters. The molecule has 0 bridgehead atoms. The number of nitrogens with zero attached hydrogens (tertiary/aromatic N) is 5. The van der Waals surface area contributed by atoms with Crippen molar-refractivity contribution < 1.29 is 9.47 Å². The highest BCUT2D eigenvalue weighted by Gasteiger charge is 2.25. The zero-order valence-corrected chi connectivity index (χ0v) is 16.9. The lowest BCUT2D eigenvalue weighted by atomic mass is 10.1. The maximum Gasteiger partial charge on any atom is 0.191 e. The number of rotatable bonds is 6. The van der Waals surface area contributed by atoms with Crippen LogP contribution in [0.25, 0.3) is 0 Å². The number of hydrogen-bond donors (Lipinski definition) is 2. The molecule has 0 spiro atoms. The smallest absolute Gasteiger partial charge is 0.191 e. The summed E-state index contributed by atoms with van der Waals surface area (Å²) >= 11 is 0. The zero-order chi connectivity index (χ0) is 19.2. The van der Waals surface area contributed by atoms with E-state index in [4.69, 9.17) is 9.47 Å². The topological polar surface area (TPSA) is 88.8 Å². The van der Waals surface area contributed by atoms with Crippen LogP contribution in [0.3, 0.4) is 0 Å². The lowest BCUT2D eigenvalue weighted by molar-refractivity contribution is -0.0174. The van der Waals surface area contributed by atoms with Gasteiger partial charge in [-0.05, 0) is 20.3 Å². The van der Waals surface area contributed by atoms with Crippen molar-refractivity contribution in [2.45, 2.75) is 58.0 Å². The highest BCUT2D eigenvalue weighted by molar-refractivity contribution is 5.80. The summed E-state index contributed by atoms with van der Waals surface area (Å²) in [4.78, 5) is 11.4. The van der Waals surface area contributed by atoms with Gasteiger partial charge in [0.25, 0.3) is 0 Å². The van der Waals surface area contributed by atoms with Gasteiger partial charge in [0.2, 0.25) is 0 Å². The van der Waals surface area contributed by atoms with E-state index in [2.05, 4.69) is 44.5 Å². The highest BCUT2D eigenvalue weighted by Crippen LogP contribution is 2.14. The van der Waals surface area contributed by atoms with E-state index >= 15 is 0 Å². The van der Waals surface area contributed by atoms with E-state index in [9.17, 15) is 0 Å². The number of ether oxygens (including phenoxy) is 2. The fraction of sp³-hybridized carbons (Fsp3) is 0.833. The third-order valence-electron chi connectivity index (χ3n) is 5.29. The molecular formula is C18H33N7O2. The van der Waals surface area contributed by atoms with E-state index in [1.54, 1.807) is 7.11 Å². The summed E-state index contributed by atoms with van der Waals surface area (Å²) in [6, 6.07) is 1.17. The molecule has 152 valence electrons. The van der Waals surface area contributed by atoms with Crippen molar-refractivity contribution >= 4 is 5.96 Å². The molecule has 2 aliphatic rings. The summed E-state index contributed by atoms with van der Waals surface area (Å²) in [5.41, 5.74) is 0. The normalized spacial score (nSPS) is 25.1. The van der Waals surface area contributed by atoms with Crippen LogP contribution in [0.1, 0.15) is 31.9 Å². The zero-order valence-electron chi connectivity index (χ0n) is 16.9. The Morgan fingerprint density at radius 3 is 3.07 bits per heavy atom. The van der Waals surface area contributed by atoms with Gasteiger partial charge in [-0.15, -0.1) is 0 Å². The van der Waals surface area contributed by atoms with Crippen molar-refractivity contribution in [3.8, 4) is 0 Å². The first-order valence-electron chi connectivity index (χ1n) is 9.83. The van der Waals surface area contributed by atoms with Gasteiger partial charge in [0.1, 0.15) is 12.4 Å². The van der Waals surface area contributed by atoms with Crippen LogP contribution < -0.4 is 10.6 Å². The van der Waals surface area contributed by atoms with Gasteiger partial charge in [-0.1, -0.05) is 0 Å². The van der Waals surface area contributed by atoms with Gasteiger partial charge >= 0.3 is 0 Å². The fourth-order valence-corrected chi connectivity index (χ4v) is 3.81. The van der Waals surface area contributed by atoms with E-state index in [0.717, 1.165) is 63.3 Å². The van der Waals surface area contributed by atoms with Crippen molar-refractivity contribution in [3.63, 3.8) is 0 Å². The number of aromatic nitrogens is 3. The largest absolute Gasteiger partial charge is 0.379 e. The third-order valence-corrected chi connectivity index (χ3v) is 5.29. The van der Waals surface area contributed by atoms with Gasteiger partial charge in [-0.25, -0.2) is 9.67 Å². The Kier molecular flexibility index (Phi) is 7.03. The lowest BCUT2D eigenvalue weighted by Gasteiger charge is -2.38. The van der Waals surface area contributed by atoms with Crippen LogP contribution in [0.4, 0.5) is 0 Å². The van der Waals surface area contributed by atoms with Crippen molar-refractivity contribution in [1.82, 2.24) is 30.3 Å². The summed E-state index contributed by atoms with van der Waals surface area (Å²) in [6.45, 7) is 9.18. The van der Waals surface area contributed by atoms with E-state index in [-0.39, 0.29) is 0 Å². The van der Waals surface area contributed by atoms with Gasteiger partial charge in [-0.2, -0.15) is 5.10 Å². The molecule has 0 amide bonds. The van der Waals surface area contributed by atoms with Crippen LogP contribution in [0, 0.1) is 0 Å². The average Bonchev–Trinajstić information content (AvgIpc) is 3.07. The molecular weight excluding hydrogens is 346 g/mol. The molecule has 3 heterocycles. The van der Waals surface area contributed by atoms with Gasteiger partial charge in [-0.3, -0.25) is 9.89 Å². The maximum atomic E-state index is 5.54. The highest BCUT2D eigenvalue weighted by atomic mass is 16.5. The summed E-state index contributed by atoms with van der Waals surface area (Å²) in [6.07, 6.45) is 1.93. The Morgan fingerprint density at radius 2 is 2.33 bits per heavy atom. The van der Waals surface area contributed by atoms with Crippen LogP contribution in [-0.2, 0) is 29.0 Å². The molecule has 1 fully saturated rings. The number of aryl methyl sites for hydroxylation is 1. The molecule has 2 N–H and O–H groups in total. The van der Waals surface area contributed by atoms with Crippen molar-refractivity contribution in [2.75, 3.05) is 40.5 Å². The molecule has 2 aliphatic heterocycles. The molecule has 1 aromatic rings. The predicted octanol–water partition coefficient (Wildman–Crippen LogP) is 0.0135. The Balaban J connectivity index is 1.48. The monoisotopic (exact) mass is 379 g/mol. The first kappa shape index (κ1) is 20.0. The van der Waals surface area contributed by atoms with Crippen LogP contribution in [-0.4, -0.2) is 84.2 Å². The molecule has 0 aromatic carbocycles. The second kappa shape index (κ2) is 9.48. The van der Waals surface area contributed by atoms with Gasteiger partial charge in [0, 0.05) is 51.8 Å². The number of morpholine rings is 1. The molecule has 0 aliphatic carbocycles. The minimum absolute atomic E-state index is 0.290. The van der Waals surface area contributed by atoms with Crippen molar-refractivity contribution in [3.05, 3.63) is 11.6 Å². The van der Waals surface area contributed by atoms with Gasteiger partial charge in [0.05, 0.1) is 19.8 Å². The number of hydrogen-bond acceptors (Lipinski definition) is 6. The predicted molar refractivity (Wildman–Crippen MR) is 104 cm³/mol. The van der Waals surface area contributed by atoms with E-state index in [1.165, 1.54) is 0 Å². The van der Waals surface area contributed by atoms with Crippen LogP contribution >= 0.6 is 0 Å². The minimum Gasteiger partial charge on any atom is -0.379 e. The Labute approximate surface area is 161 Å². The summed E-state index contributed by atoms with van der Waals surface area (Å²) in [5.74, 6) is 2.63. The Morgan fingerprint density at radius 1 is 1.48 bits per heavy atom. The third kappa shape index (κ3) is 5.18. The summed E-state index contributed by atoms with van der Waals surface area (Å²) < 4.78 is 12.7. The van der Waals surface area contributed by atoms with E-state index in [1.807, 2.05) is 11.7 Å². The van der Waals surface area contributed by atoms with E-state index < -0.39 is 0 Å². The summed E-state index contributed by atoms with van der Waals surface area (Å²) in [7, 11) is 3.48. The van der Waals surface area contributed by atoms with Gasteiger partial charge < -0.3 is 20.1 Å². The Bertz CT molecular complexity index is 633. The molecule has 1 saturated heterocycles. The molecule has 0 radical (unpaired) electrons. The standard InChI is InChI=1S/C18H33N7O2/c1-13(24-7-8-27-11-14(24)2)9-20-18(19-3)21-15-5-6-17-22-16(12-26-4)23-25(17)10-15/h13-15H,5-12H2,1-4H3,(H2,19,20,21). The van der Waals surface area contributed by atoms with Crippen LogP contribution in [0.15, 0.2) is 4.99 Å². The number of fused-ring (bicyclic) bond motifs is 1. The van der Waals surface area contributed by atoms with Crippen LogP contribution in [0.5, 0.6) is 0 Å². The molecule has 3 unspecified atom stereocenters. The molecule has 1 aromatic heterocycles. The van der Waals surface area contributed by atoms with Crippen molar-refractivity contribution in [1.29, 1.82) is 0 Å². The first-order valence-corrected chi connectivity index (χ1v) is 9.83. The molecule has 3 rings (SSSR count). The fourth-order valence-electron chi connectivity index (χ4n) is 3.81. The Hall–Kier alpha value is -1.71. The summed E-state index contributed by atoms with van der Waals surface area (Å²) in [5, 5.41) is 11.5. The second-order valence-electron chi connectivity index (χ2n) is 7.40. The van der Waals surface area contributed by atoms with Crippen LogP contribution in [0.2, 0.25) is 0 Å². The average molecular weight is 380 g/mol. The molecule has 27 heavy (non-hydrogen) atoms. The second-order valence-corrected chi connectivity index (χ2v) is 7.40. The number of guanidine groups is 1. The SMILES string of the molecule is CN=C(NCC(C)N1CCOCC1C)NC1CCc2nc(COC)nn2C1.